The van der Waals surface area contributed by atoms with E-state index in [9.17, 15) is 4.79 Å². The average molecular weight is 282 g/mol. The van der Waals surface area contributed by atoms with E-state index < -0.39 is 5.60 Å². The molecule has 2 rings (SSSR count). The van der Waals surface area contributed by atoms with Crippen molar-refractivity contribution in [1.29, 1.82) is 0 Å². The van der Waals surface area contributed by atoms with Crippen LogP contribution in [-0.4, -0.2) is 41.8 Å². The molecule has 0 bridgehead atoms. The molecule has 1 amide bonds. The SMILES string of the molecule is CC1CC(NC2CCCN(C(=O)OC(C)(C)C)CC2)C1. The molecule has 1 aliphatic carbocycles. The Morgan fingerprint density at radius 3 is 2.45 bits per heavy atom. The van der Waals surface area contributed by atoms with Gasteiger partial charge >= 0.3 is 6.09 Å². The zero-order chi connectivity index (χ0) is 14.8. The van der Waals surface area contributed by atoms with Crippen molar-refractivity contribution in [2.45, 2.75) is 77.5 Å². The molecule has 0 aromatic heterocycles. The lowest BCUT2D eigenvalue weighted by molar-refractivity contribution is 0.0255. The Morgan fingerprint density at radius 1 is 1.15 bits per heavy atom. The maximum absolute atomic E-state index is 12.1. The van der Waals surface area contributed by atoms with Crippen molar-refractivity contribution in [2.75, 3.05) is 13.1 Å². The molecule has 1 N–H and O–H groups in total. The van der Waals surface area contributed by atoms with Crippen LogP contribution in [0.25, 0.3) is 0 Å². The first-order chi connectivity index (χ1) is 9.33. The van der Waals surface area contributed by atoms with Crippen molar-refractivity contribution >= 4 is 6.09 Å². The van der Waals surface area contributed by atoms with Crippen LogP contribution in [-0.2, 0) is 4.74 Å². The van der Waals surface area contributed by atoms with E-state index in [1.54, 1.807) is 0 Å². The van der Waals surface area contributed by atoms with Gasteiger partial charge in [0.15, 0.2) is 0 Å². The van der Waals surface area contributed by atoms with Crippen LogP contribution in [0.1, 0.15) is 59.8 Å². The largest absolute Gasteiger partial charge is 0.444 e. The third kappa shape index (κ3) is 4.65. The molecule has 4 heteroatoms. The number of hydrogen-bond donors (Lipinski definition) is 1. The number of nitrogens with zero attached hydrogens (tertiary/aromatic N) is 1. The molecule has 1 heterocycles. The van der Waals surface area contributed by atoms with Crippen molar-refractivity contribution in [3.05, 3.63) is 0 Å². The molecule has 116 valence electrons. The van der Waals surface area contributed by atoms with E-state index >= 15 is 0 Å². The lowest BCUT2D eigenvalue weighted by Gasteiger charge is -2.36. The van der Waals surface area contributed by atoms with Gasteiger partial charge in [-0.3, -0.25) is 0 Å². The van der Waals surface area contributed by atoms with E-state index in [0.717, 1.165) is 31.8 Å². The molecule has 1 saturated heterocycles. The van der Waals surface area contributed by atoms with Crippen molar-refractivity contribution < 1.29 is 9.53 Å². The van der Waals surface area contributed by atoms with Crippen LogP contribution in [0.3, 0.4) is 0 Å². The first-order valence-corrected chi connectivity index (χ1v) is 8.07. The van der Waals surface area contributed by atoms with Crippen LogP contribution in [0.4, 0.5) is 4.79 Å². The maximum atomic E-state index is 12.1. The fourth-order valence-corrected chi connectivity index (χ4v) is 3.14. The van der Waals surface area contributed by atoms with E-state index in [1.807, 2.05) is 25.7 Å². The first kappa shape index (κ1) is 15.6. The summed E-state index contributed by atoms with van der Waals surface area (Å²) >= 11 is 0. The second kappa shape index (κ2) is 6.33. The maximum Gasteiger partial charge on any atom is 0.410 e. The van der Waals surface area contributed by atoms with Gasteiger partial charge in [-0.1, -0.05) is 6.92 Å². The molecule has 1 saturated carbocycles. The van der Waals surface area contributed by atoms with Gasteiger partial charge in [-0.15, -0.1) is 0 Å². The summed E-state index contributed by atoms with van der Waals surface area (Å²) in [5.74, 6) is 0.886. The highest BCUT2D eigenvalue weighted by molar-refractivity contribution is 5.68. The quantitative estimate of drug-likeness (QED) is 0.846. The Kier molecular flexibility index (Phi) is 4.95. The number of carbonyl (C=O) groups excluding carboxylic acids is 1. The zero-order valence-corrected chi connectivity index (χ0v) is 13.4. The summed E-state index contributed by atoms with van der Waals surface area (Å²) in [5, 5.41) is 3.75. The van der Waals surface area contributed by atoms with Crippen molar-refractivity contribution in [3.8, 4) is 0 Å². The molecular weight excluding hydrogens is 252 g/mol. The van der Waals surface area contributed by atoms with Gasteiger partial charge in [-0.2, -0.15) is 0 Å². The lowest BCUT2D eigenvalue weighted by atomic mass is 9.81. The third-order valence-electron chi connectivity index (χ3n) is 4.22. The highest BCUT2D eigenvalue weighted by Gasteiger charge is 2.29. The fraction of sp³-hybridized carbons (Fsp3) is 0.938. The molecule has 0 spiro atoms. The summed E-state index contributed by atoms with van der Waals surface area (Å²) in [5.41, 5.74) is -0.400. The van der Waals surface area contributed by atoms with E-state index in [2.05, 4.69) is 12.2 Å². The van der Waals surface area contributed by atoms with Gasteiger partial charge < -0.3 is 15.0 Å². The van der Waals surface area contributed by atoms with Crippen molar-refractivity contribution in [2.24, 2.45) is 5.92 Å². The van der Waals surface area contributed by atoms with E-state index in [0.29, 0.717) is 12.1 Å². The number of nitrogens with one attached hydrogen (secondary N) is 1. The number of rotatable bonds is 2. The fourth-order valence-electron chi connectivity index (χ4n) is 3.14. The summed E-state index contributed by atoms with van der Waals surface area (Å²) in [7, 11) is 0. The van der Waals surface area contributed by atoms with Gasteiger partial charge in [0.05, 0.1) is 0 Å². The minimum atomic E-state index is -0.400. The lowest BCUT2D eigenvalue weighted by Crippen LogP contribution is -2.46. The third-order valence-corrected chi connectivity index (χ3v) is 4.22. The summed E-state index contributed by atoms with van der Waals surface area (Å²) < 4.78 is 5.46. The minimum Gasteiger partial charge on any atom is -0.444 e. The summed E-state index contributed by atoms with van der Waals surface area (Å²) in [6, 6.07) is 1.28. The highest BCUT2D eigenvalue weighted by atomic mass is 16.6. The first-order valence-electron chi connectivity index (χ1n) is 8.07. The predicted octanol–water partition coefficient (Wildman–Crippen LogP) is 3.16. The highest BCUT2D eigenvalue weighted by Crippen LogP contribution is 2.27. The molecule has 1 unspecified atom stereocenters. The standard InChI is InChI=1S/C16H30N2O2/c1-12-10-14(11-12)17-13-6-5-8-18(9-7-13)15(19)20-16(2,3)4/h12-14,17H,5-11H2,1-4H3. The molecule has 0 aromatic rings. The van der Waals surface area contributed by atoms with E-state index in [4.69, 9.17) is 4.74 Å². The van der Waals surface area contributed by atoms with Crippen LogP contribution in [0.2, 0.25) is 0 Å². The number of amides is 1. The number of hydrogen-bond acceptors (Lipinski definition) is 3. The van der Waals surface area contributed by atoms with Crippen LogP contribution < -0.4 is 5.32 Å². The Hall–Kier alpha value is -0.770. The predicted molar refractivity (Wildman–Crippen MR) is 80.8 cm³/mol. The van der Waals surface area contributed by atoms with Crippen molar-refractivity contribution in [1.82, 2.24) is 10.2 Å². The molecular formula is C16H30N2O2. The zero-order valence-electron chi connectivity index (χ0n) is 13.4. The topological polar surface area (TPSA) is 41.6 Å². The van der Waals surface area contributed by atoms with Crippen LogP contribution in [0.5, 0.6) is 0 Å². The molecule has 0 radical (unpaired) electrons. The summed E-state index contributed by atoms with van der Waals surface area (Å²) in [6.07, 6.45) is 5.75. The summed E-state index contributed by atoms with van der Waals surface area (Å²) in [4.78, 5) is 14.0. The molecule has 0 aromatic carbocycles. The Balaban J connectivity index is 1.75. The van der Waals surface area contributed by atoms with Crippen molar-refractivity contribution in [3.63, 3.8) is 0 Å². The van der Waals surface area contributed by atoms with Gasteiger partial charge in [0.25, 0.3) is 0 Å². The second-order valence-electron chi connectivity index (χ2n) is 7.54. The van der Waals surface area contributed by atoms with E-state index in [-0.39, 0.29) is 6.09 Å². The Morgan fingerprint density at radius 2 is 1.85 bits per heavy atom. The average Bonchev–Trinajstić information content (AvgIpc) is 2.50. The normalized spacial score (nSPS) is 31.4. The number of ether oxygens (including phenoxy) is 1. The molecule has 2 aliphatic rings. The molecule has 1 aliphatic heterocycles. The number of carbonyl (C=O) groups is 1. The van der Waals surface area contributed by atoms with Crippen LogP contribution >= 0.6 is 0 Å². The van der Waals surface area contributed by atoms with Crippen LogP contribution in [0, 0.1) is 5.92 Å². The Bertz CT molecular complexity index is 332. The smallest absolute Gasteiger partial charge is 0.410 e. The van der Waals surface area contributed by atoms with Crippen LogP contribution in [0.15, 0.2) is 0 Å². The second-order valence-corrected chi connectivity index (χ2v) is 7.54. The minimum absolute atomic E-state index is 0.157. The van der Waals surface area contributed by atoms with Gasteiger partial charge in [0.2, 0.25) is 0 Å². The van der Waals surface area contributed by atoms with Gasteiger partial charge in [-0.05, 0) is 58.8 Å². The molecule has 20 heavy (non-hydrogen) atoms. The van der Waals surface area contributed by atoms with Gasteiger partial charge in [0, 0.05) is 25.2 Å². The monoisotopic (exact) mass is 282 g/mol. The molecule has 2 fully saturated rings. The number of likely N-dealkylation sites (tertiary alicyclic amines) is 1. The Labute approximate surface area is 123 Å². The van der Waals surface area contributed by atoms with Gasteiger partial charge in [-0.25, -0.2) is 4.79 Å². The summed E-state index contributed by atoms with van der Waals surface area (Å²) in [6.45, 7) is 9.72. The molecule has 1 atom stereocenters. The van der Waals surface area contributed by atoms with Gasteiger partial charge in [0.1, 0.15) is 5.60 Å². The molecule has 4 nitrogen and oxygen atoms in total. The van der Waals surface area contributed by atoms with E-state index in [1.165, 1.54) is 19.3 Å².